The van der Waals surface area contributed by atoms with Gasteiger partial charge in [-0.25, -0.2) is 4.90 Å². The Morgan fingerprint density at radius 2 is 1.62 bits per heavy atom. The van der Waals surface area contributed by atoms with Crippen molar-refractivity contribution < 1.29 is 23.5 Å². The Bertz CT molecular complexity index is 1410. The van der Waals surface area contributed by atoms with Gasteiger partial charge in [0.1, 0.15) is 17.3 Å². The molecule has 3 aromatic carbocycles. The number of nitrogens with one attached hydrogen (secondary N) is 1. The number of imide groups is 1. The second-order valence-corrected chi connectivity index (χ2v) is 7.46. The van der Waals surface area contributed by atoms with Gasteiger partial charge in [-0.05, 0) is 60.7 Å². The number of amides is 3. The molecule has 7 heteroatoms. The highest BCUT2D eigenvalue weighted by Crippen LogP contribution is 2.32. The first-order chi connectivity index (χ1) is 16.6. The fourth-order valence-electron chi connectivity index (χ4n) is 3.60. The monoisotopic (exact) mass is 450 g/mol. The van der Waals surface area contributed by atoms with Gasteiger partial charge in [0.2, 0.25) is 5.91 Å². The molecule has 166 valence electrons. The van der Waals surface area contributed by atoms with E-state index in [1.165, 1.54) is 12.3 Å². The standard InChI is InChI=1S/C27H18N2O5/c30-25(14-12-20-10-5-15-33-20)28-18-6-4-9-21(16-18)34-22-11-13-23-24(17-22)27(32)29(26(23)31)19-7-2-1-3-8-19/h1-17H,(H,28,30)/b14-12+. The second-order valence-electron chi connectivity index (χ2n) is 7.46. The predicted molar refractivity (Wildman–Crippen MR) is 127 cm³/mol. The van der Waals surface area contributed by atoms with E-state index >= 15 is 0 Å². The van der Waals surface area contributed by atoms with Crippen LogP contribution in [0.5, 0.6) is 11.5 Å². The summed E-state index contributed by atoms with van der Waals surface area (Å²) in [4.78, 5) is 39.0. The number of nitrogens with zero attached hydrogens (tertiary/aromatic N) is 1. The van der Waals surface area contributed by atoms with Gasteiger partial charge in [-0.1, -0.05) is 24.3 Å². The third-order valence-corrected chi connectivity index (χ3v) is 5.15. The van der Waals surface area contributed by atoms with E-state index in [1.807, 2.05) is 6.07 Å². The molecule has 5 rings (SSSR count). The Morgan fingerprint density at radius 3 is 2.41 bits per heavy atom. The molecular weight excluding hydrogens is 432 g/mol. The zero-order valence-corrected chi connectivity index (χ0v) is 17.8. The summed E-state index contributed by atoms with van der Waals surface area (Å²) in [5.74, 6) is 0.338. The number of furan rings is 1. The number of carbonyl (C=O) groups is 3. The molecule has 0 fully saturated rings. The molecule has 0 unspecified atom stereocenters. The lowest BCUT2D eigenvalue weighted by Crippen LogP contribution is -2.29. The first kappa shape index (κ1) is 21.0. The Labute approximate surface area is 194 Å². The van der Waals surface area contributed by atoms with E-state index in [1.54, 1.807) is 84.9 Å². The Kier molecular flexibility index (Phi) is 5.50. The number of anilines is 2. The molecule has 0 aliphatic carbocycles. The molecule has 1 aliphatic rings. The highest BCUT2D eigenvalue weighted by Gasteiger charge is 2.36. The molecule has 34 heavy (non-hydrogen) atoms. The maximum absolute atomic E-state index is 12.9. The van der Waals surface area contributed by atoms with Gasteiger partial charge in [0.05, 0.1) is 23.1 Å². The Balaban J connectivity index is 1.31. The van der Waals surface area contributed by atoms with Gasteiger partial charge in [0, 0.05) is 17.8 Å². The summed E-state index contributed by atoms with van der Waals surface area (Å²) < 4.78 is 11.1. The van der Waals surface area contributed by atoms with E-state index in [-0.39, 0.29) is 17.4 Å². The van der Waals surface area contributed by atoms with Crippen LogP contribution >= 0.6 is 0 Å². The average Bonchev–Trinajstić information content (AvgIpc) is 3.45. The van der Waals surface area contributed by atoms with Crippen LogP contribution in [0.3, 0.4) is 0 Å². The quantitative estimate of drug-likeness (QED) is 0.308. The fraction of sp³-hybridized carbons (Fsp3) is 0. The zero-order valence-electron chi connectivity index (χ0n) is 17.8. The van der Waals surface area contributed by atoms with Crippen LogP contribution in [0, 0.1) is 0 Å². The van der Waals surface area contributed by atoms with Crippen molar-refractivity contribution in [1.29, 1.82) is 0 Å². The number of para-hydroxylation sites is 1. The molecule has 0 saturated heterocycles. The summed E-state index contributed by atoms with van der Waals surface area (Å²) in [6.45, 7) is 0. The first-order valence-electron chi connectivity index (χ1n) is 10.5. The van der Waals surface area contributed by atoms with Gasteiger partial charge in [-0.2, -0.15) is 0 Å². The third kappa shape index (κ3) is 4.22. The van der Waals surface area contributed by atoms with E-state index < -0.39 is 5.91 Å². The van der Waals surface area contributed by atoms with Crippen LogP contribution in [-0.2, 0) is 4.79 Å². The van der Waals surface area contributed by atoms with E-state index in [0.717, 1.165) is 4.90 Å². The van der Waals surface area contributed by atoms with E-state index in [4.69, 9.17) is 9.15 Å². The molecule has 0 atom stereocenters. The first-order valence-corrected chi connectivity index (χ1v) is 10.5. The lowest BCUT2D eigenvalue weighted by molar-refractivity contribution is -0.111. The normalized spacial score (nSPS) is 12.8. The number of hydrogen-bond donors (Lipinski definition) is 1. The molecule has 0 saturated carbocycles. The Hall–Kier alpha value is -4.91. The van der Waals surface area contributed by atoms with E-state index in [2.05, 4.69) is 5.32 Å². The summed E-state index contributed by atoms with van der Waals surface area (Å²) in [7, 11) is 0. The van der Waals surface area contributed by atoms with Gasteiger partial charge in [0.25, 0.3) is 11.8 Å². The minimum atomic E-state index is -0.402. The number of hydrogen-bond acceptors (Lipinski definition) is 5. The van der Waals surface area contributed by atoms with Gasteiger partial charge < -0.3 is 14.5 Å². The maximum Gasteiger partial charge on any atom is 0.266 e. The predicted octanol–water partition coefficient (Wildman–Crippen LogP) is 5.52. The smallest absolute Gasteiger partial charge is 0.266 e. The molecule has 3 amide bonds. The number of fused-ring (bicyclic) bond motifs is 1. The summed E-state index contributed by atoms with van der Waals surface area (Å²) in [6, 6.07) is 23.9. The van der Waals surface area contributed by atoms with Crippen LogP contribution in [0.25, 0.3) is 6.08 Å². The molecule has 2 heterocycles. The third-order valence-electron chi connectivity index (χ3n) is 5.15. The van der Waals surface area contributed by atoms with Crippen molar-refractivity contribution in [1.82, 2.24) is 0 Å². The summed E-state index contributed by atoms with van der Waals surface area (Å²) in [5, 5.41) is 2.76. The summed E-state index contributed by atoms with van der Waals surface area (Å²) in [6.07, 6.45) is 4.46. The lowest BCUT2D eigenvalue weighted by atomic mass is 10.1. The van der Waals surface area contributed by atoms with Crippen molar-refractivity contribution in [2.24, 2.45) is 0 Å². The molecule has 4 aromatic rings. The molecular formula is C27H18N2O5. The van der Waals surface area contributed by atoms with Gasteiger partial charge in [0.15, 0.2) is 0 Å². The minimum Gasteiger partial charge on any atom is -0.465 e. The van der Waals surface area contributed by atoms with Gasteiger partial charge in [-0.15, -0.1) is 0 Å². The van der Waals surface area contributed by atoms with Crippen molar-refractivity contribution in [3.8, 4) is 11.5 Å². The van der Waals surface area contributed by atoms with Gasteiger partial charge in [-0.3, -0.25) is 14.4 Å². The van der Waals surface area contributed by atoms with Crippen LogP contribution in [0.1, 0.15) is 26.5 Å². The van der Waals surface area contributed by atoms with Gasteiger partial charge >= 0.3 is 0 Å². The van der Waals surface area contributed by atoms with E-state index in [9.17, 15) is 14.4 Å². The van der Waals surface area contributed by atoms with Crippen LogP contribution < -0.4 is 15.0 Å². The largest absolute Gasteiger partial charge is 0.465 e. The van der Waals surface area contributed by atoms with Crippen LogP contribution in [-0.4, -0.2) is 17.7 Å². The molecule has 1 aliphatic heterocycles. The number of benzene rings is 3. The number of rotatable bonds is 6. The van der Waals surface area contributed by atoms with Crippen molar-refractivity contribution in [3.05, 3.63) is 114 Å². The van der Waals surface area contributed by atoms with Crippen LogP contribution in [0.15, 0.2) is 102 Å². The van der Waals surface area contributed by atoms with Crippen molar-refractivity contribution in [3.63, 3.8) is 0 Å². The topological polar surface area (TPSA) is 88.8 Å². The van der Waals surface area contributed by atoms with Crippen molar-refractivity contribution >= 4 is 35.2 Å². The fourth-order valence-corrected chi connectivity index (χ4v) is 3.60. The van der Waals surface area contributed by atoms with Crippen LogP contribution in [0.4, 0.5) is 11.4 Å². The van der Waals surface area contributed by atoms with Crippen LogP contribution in [0.2, 0.25) is 0 Å². The lowest BCUT2D eigenvalue weighted by Gasteiger charge is -2.13. The highest BCUT2D eigenvalue weighted by atomic mass is 16.5. The molecule has 1 aromatic heterocycles. The molecule has 0 spiro atoms. The minimum absolute atomic E-state index is 0.277. The zero-order chi connectivity index (χ0) is 23.5. The molecule has 0 radical (unpaired) electrons. The SMILES string of the molecule is O=C(/C=C/c1ccco1)Nc1cccc(Oc2ccc3c(c2)C(=O)N(c2ccccc2)C3=O)c1. The Morgan fingerprint density at radius 1 is 0.824 bits per heavy atom. The molecule has 7 nitrogen and oxygen atoms in total. The van der Waals surface area contributed by atoms with Crippen molar-refractivity contribution in [2.75, 3.05) is 10.2 Å². The number of carbonyl (C=O) groups excluding carboxylic acids is 3. The summed E-state index contributed by atoms with van der Waals surface area (Å²) in [5.41, 5.74) is 1.65. The molecule has 1 N–H and O–H groups in total. The molecule has 0 bridgehead atoms. The highest BCUT2D eigenvalue weighted by molar-refractivity contribution is 6.34. The second kappa shape index (κ2) is 8.91. The number of ether oxygens (including phenoxy) is 1. The van der Waals surface area contributed by atoms with E-state index in [0.29, 0.717) is 34.2 Å². The van der Waals surface area contributed by atoms with Crippen molar-refractivity contribution in [2.45, 2.75) is 0 Å². The average molecular weight is 450 g/mol. The summed E-state index contributed by atoms with van der Waals surface area (Å²) >= 11 is 0. The maximum atomic E-state index is 12.9.